The average Bonchev–Trinajstić information content (AvgIpc) is 2.70. The second-order valence-corrected chi connectivity index (χ2v) is 6.03. The number of carbonyl (C=O) groups excluding carboxylic acids is 1. The molecule has 20 heavy (non-hydrogen) atoms. The molecule has 1 heterocycles. The summed E-state index contributed by atoms with van der Waals surface area (Å²) in [5, 5.41) is 4.06. The van der Waals surface area contributed by atoms with Crippen molar-refractivity contribution < 1.29 is 4.79 Å². The maximum absolute atomic E-state index is 12.1. The van der Waals surface area contributed by atoms with Gasteiger partial charge in [0.2, 0.25) is 5.91 Å². The Kier molecular flexibility index (Phi) is 8.38. The smallest absolute Gasteiger partial charge is 0.232 e. The van der Waals surface area contributed by atoms with E-state index in [2.05, 4.69) is 5.32 Å². The van der Waals surface area contributed by atoms with Crippen LogP contribution in [0.3, 0.4) is 0 Å². The number of rotatable bonds is 4. The largest absolute Gasteiger partial charge is 0.341 e. The molecule has 1 aliphatic heterocycles. The fourth-order valence-corrected chi connectivity index (χ4v) is 3.04. The van der Waals surface area contributed by atoms with Crippen LogP contribution < -0.4 is 5.32 Å². The van der Waals surface area contributed by atoms with E-state index < -0.39 is 0 Å². The number of hydrogen-bond donors (Lipinski definition) is 1. The van der Waals surface area contributed by atoms with Crippen LogP contribution in [0.5, 0.6) is 0 Å². The number of halogens is 2. The molecule has 112 valence electrons. The van der Waals surface area contributed by atoms with Crippen molar-refractivity contribution in [3.8, 4) is 0 Å². The normalized spacial score (nSPS) is 15.3. The zero-order valence-corrected chi connectivity index (χ0v) is 13.7. The van der Waals surface area contributed by atoms with Crippen LogP contribution in [0.25, 0.3) is 0 Å². The van der Waals surface area contributed by atoms with Crippen molar-refractivity contribution in [2.24, 2.45) is 0 Å². The molecule has 0 bridgehead atoms. The Bertz CT molecular complexity index is 406. The van der Waals surface area contributed by atoms with Gasteiger partial charge in [-0.15, -0.1) is 24.2 Å². The summed E-state index contributed by atoms with van der Waals surface area (Å²) in [6.07, 6.45) is 1.05. The van der Waals surface area contributed by atoms with Crippen LogP contribution in [-0.4, -0.2) is 42.7 Å². The Balaban J connectivity index is 0.00000200. The predicted molar refractivity (Wildman–Crippen MR) is 88.9 cm³/mol. The fraction of sp³-hybridized carbons (Fsp3) is 0.500. The SMILES string of the molecule is Cl.O=C(CSCc1ccc(Cl)cc1)N1CCCNCC1. The van der Waals surface area contributed by atoms with E-state index in [4.69, 9.17) is 11.6 Å². The zero-order valence-electron chi connectivity index (χ0n) is 11.3. The third kappa shape index (κ3) is 5.92. The quantitative estimate of drug-likeness (QED) is 0.918. The lowest BCUT2D eigenvalue weighted by molar-refractivity contribution is -0.128. The summed E-state index contributed by atoms with van der Waals surface area (Å²) in [5.74, 6) is 1.67. The summed E-state index contributed by atoms with van der Waals surface area (Å²) >= 11 is 7.51. The molecule has 0 saturated carbocycles. The van der Waals surface area contributed by atoms with E-state index in [1.807, 2.05) is 29.2 Å². The van der Waals surface area contributed by atoms with Crippen LogP contribution in [0.15, 0.2) is 24.3 Å². The van der Waals surface area contributed by atoms with Crippen molar-refractivity contribution in [3.05, 3.63) is 34.9 Å². The molecule has 1 aromatic rings. The second kappa shape index (κ2) is 9.50. The van der Waals surface area contributed by atoms with Gasteiger partial charge >= 0.3 is 0 Å². The monoisotopic (exact) mass is 334 g/mol. The molecule has 0 aliphatic carbocycles. The van der Waals surface area contributed by atoms with Crippen LogP contribution in [0.2, 0.25) is 5.02 Å². The van der Waals surface area contributed by atoms with E-state index in [1.54, 1.807) is 11.8 Å². The summed E-state index contributed by atoms with van der Waals surface area (Å²) in [6, 6.07) is 7.80. The molecular formula is C14H20Cl2N2OS. The summed E-state index contributed by atoms with van der Waals surface area (Å²) in [6.45, 7) is 3.64. The van der Waals surface area contributed by atoms with Crippen LogP contribution in [0.1, 0.15) is 12.0 Å². The number of benzene rings is 1. The fourth-order valence-electron chi connectivity index (χ4n) is 2.02. The molecular weight excluding hydrogens is 315 g/mol. The minimum atomic E-state index is 0. The molecule has 1 N–H and O–H groups in total. The molecule has 0 unspecified atom stereocenters. The summed E-state index contributed by atoms with van der Waals surface area (Å²) in [4.78, 5) is 14.0. The maximum atomic E-state index is 12.1. The zero-order chi connectivity index (χ0) is 13.5. The van der Waals surface area contributed by atoms with Gasteiger partial charge in [-0.05, 0) is 30.7 Å². The highest BCUT2D eigenvalue weighted by atomic mass is 35.5. The average molecular weight is 335 g/mol. The third-order valence-corrected chi connectivity index (χ3v) is 4.34. The van der Waals surface area contributed by atoms with Crippen LogP contribution in [0.4, 0.5) is 0 Å². The lowest BCUT2D eigenvalue weighted by Gasteiger charge is -2.19. The first-order valence-electron chi connectivity index (χ1n) is 6.56. The van der Waals surface area contributed by atoms with Gasteiger partial charge < -0.3 is 10.2 Å². The standard InChI is InChI=1S/C14H19ClN2OS.ClH/c15-13-4-2-12(3-5-13)10-19-11-14(18)17-8-1-6-16-7-9-17;/h2-5,16H,1,6-11H2;1H. The molecule has 1 amide bonds. The molecule has 0 atom stereocenters. The van der Waals surface area contributed by atoms with Crippen molar-refractivity contribution in [1.82, 2.24) is 10.2 Å². The van der Waals surface area contributed by atoms with E-state index in [1.165, 1.54) is 5.56 Å². The van der Waals surface area contributed by atoms with Gasteiger partial charge in [-0.25, -0.2) is 0 Å². The highest BCUT2D eigenvalue weighted by Crippen LogP contribution is 2.16. The Morgan fingerprint density at radius 2 is 2.00 bits per heavy atom. The van der Waals surface area contributed by atoms with E-state index >= 15 is 0 Å². The van der Waals surface area contributed by atoms with E-state index in [-0.39, 0.29) is 18.3 Å². The first-order chi connectivity index (χ1) is 9.25. The maximum Gasteiger partial charge on any atom is 0.232 e. The van der Waals surface area contributed by atoms with Crippen molar-refractivity contribution in [1.29, 1.82) is 0 Å². The molecule has 0 aromatic heterocycles. The van der Waals surface area contributed by atoms with Gasteiger partial charge in [0.25, 0.3) is 0 Å². The first-order valence-corrected chi connectivity index (χ1v) is 8.09. The molecule has 2 rings (SSSR count). The molecule has 0 radical (unpaired) electrons. The Hall–Kier alpha value is -0.420. The van der Waals surface area contributed by atoms with Crippen molar-refractivity contribution in [2.45, 2.75) is 12.2 Å². The van der Waals surface area contributed by atoms with Crippen LogP contribution >= 0.6 is 35.8 Å². The van der Waals surface area contributed by atoms with Gasteiger partial charge in [-0.1, -0.05) is 23.7 Å². The molecule has 1 aliphatic rings. The highest BCUT2D eigenvalue weighted by Gasteiger charge is 2.14. The highest BCUT2D eigenvalue weighted by molar-refractivity contribution is 7.99. The first kappa shape index (κ1) is 17.6. The van der Waals surface area contributed by atoms with Crippen molar-refractivity contribution in [2.75, 3.05) is 31.9 Å². The molecule has 1 saturated heterocycles. The van der Waals surface area contributed by atoms with Gasteiger partial charge in [-0.2, -0.15) is 0 Å². The second-order valence-electron chi connectivity index (χ2n) is 4.60. The molecule has 3 nitrogen and oxygen atoms in total. The Morgan fingerprint density at radius 3 is 2.75 bits per heavy atom. The number of thioether (sulfide) groups is 1. The van der Waals surface area contributed by atoms with Gasteiger partial charge in [0.15, 0.2) is 0 Å². The molecule has 1 aromatic carbocycles. The van der Waals surface area contributed by atoms with Crippen molar-refractivity contribution >= 4 is 41.7 Å². The van der Waals surface area contributed by atoms with Crippen LogP contribution in [0, 0.1) is 0 Å². The topological polar surface area (TPSA) is 32.3 Å². The minimum absolute atomic E-state index is 0. The Morgan fingerprint density at radius 1 is 1.25 bits per heavy atom. The third-order valence-electron chi connectivity index (χ3n) is 3.10. The molecule has 1 fully saturated rings. The summed E-state index contributed by atoms with van der Waals surface area (Å²) < 4.78 is 0. The summed E-state index contributed by atoms with van der Waals surface area (Å²) in [7, 11) is 0. The van der Waals surface area contributed by atoms with E-state index in [0.29, 0.717) is 5.75 Å². The number of amides is 1. The minimum Gasteiger partial charge on any atom is -0.341 e. The van der Waals surface area contributed by atoms with Gasteiger partial charge in [0, 0.05) is 30.4 Å². The lowest BCUT2D eigenvalue weighted by Crippen LogP contribution is -2.35. The molecule has 6 heteroatoms. The number of nitrogens with zero attached hydrogens (tertiary/aromatic N) is 1. The van der Waals surface area contributed by atoms with E-state index in [0.717, 1.165) is 43.4 Å². The number of hydrogen-bond acceptors (Lipinski definition) is 3. The van der Waals surface area contributed by atoms with Gasteiger partial charge in [-0.3, -0.25) is 4.79 Å². The Labute approximate surface area is 135 Å². The number of carbonyl (C=O) groups is 1. The van der Waals surface area contributed by atoms with Crippen LogP contribution in [-0.2, 0) is 10.5 Å². The molecule has 0 spiro atoms. The predicted octanol–water partition coefficient (Wildman–Crippen LogP) is 2.82. The van der Waals surface area contributed by atoms with Gasteiger partial charge in [0.1, 0.15) is 0 Å². The van der Waals surface area contributed by atoms with Gasteiger partial charge in [0.05, 0.1) is 5.75 Å². The lowest BCUT2D eigenvalue weighted by atomic mass is 10.2. The van der Waals surface area contributed by atoms with Crippen molar-refractivity contribution in [3.63, 3.8) is 0 Å². The summed E-state index contributed by atoms with van der Waals surface area (Å²) in [5.41, 5.74) is 1.21. The van der Waals surface area contributed by atoms with E-state index in [9.17, 15) is 4.79 Å². The number of nitrogens with one attached hydrogen (secondary N) is 1.